The van der Waals surface area contributed by atoms with E-state index in [4.69, 9.17) is 16.3 Å². The van der Waals surface area contributed by atoms with Crippen LogP contribution in [0, 0.1) is 0 Å². The second-order valence-corrected chi connectivity index (χ2v) is 12.7. The van der Waals surface area contributed by atoms with Gasteiger partial charge in [0, 0.05) is 12.5 Å². The van der Waals surface area contributed by atoms with Gasteiger partial charge in [0.25, 0.3) is 0 Å². The van der Waals surface area contributed by atoms with Gasteiger partial charge in [-0.3, -0.25) is 9.19 Å². The van der Waals surface area contributed by atoms with Gasteiger partial charge >= 0.3 is 6.18 Å². The summed E-state index contributed by atoms with van der Waals surface area (Å²) in [5, 5.41) is 0.198. The molecular formula is C22H25ClF3NO4S2. The number of hydrogen-bond acceptors (Lipinski definition) is 5. The van der Waals surface area contributed by atoms with Crippen molar-refractivity contribution in [3.63, 3.8) is 0 Å². The second-order valence-electron chi connectivity index (χ2n) is 8.41. The largest absolute Gasteiger partial charge is 0.416 e. The summed E-state index contributed by atoms with van der Waals surface area (Å²) in [5.74, 6) is 0. The summed E-state index contributed by atoms with van der Waals surface area (Å²) in [6.07, 6.45) is -1.61. The molecule has 0 saturated carbocycles. The average molecular weight is 524 g/mol. The number of benzene rings is 1. The molecule has 182 valence electrons. The van der Waals surface area contributed by atoms with Crippen LogP contribution in [0.1, 0.15) is 56.9 Å². The Balaban J connectivity index is 2.04. The first-order chi connectivity index (χ1) is 15.3. The third-order valence-corrected chi connectivity index (χ3v) is 9.54. The fourth-order valence-corrected chi connectivity index (χ4v) is 6.83. The minimum atomic E-state index is -4.66. The highest BCUT2D eigenvalue weighted by Crippen LogP contribution is 2.46. The van der Waals surface area contributed by atoms with Gasteiger partial charge < -0.3 is 4.74 Å². The molecule has 3 rings (SSSR count). The molecule has 0 aliphatic carbocycles. The van der Waals surface area contributed by atoms with E-state index in [2.05, 4.69) is 4.98 Å². The van der Waals surface area contributed by atoms with E-state index in [1.54, 1.807) is 0 Å². The maximum absolute atomic E-state index is 13.6. The van der Waals surface area contributed by atoms with Crippen LogP contribution in [0.5, 0.6) is 0 Å². The van der Waals surface area contributed by atoms with Crippen LogP contribution >= 0.6 is 11.6 Å². The number of rotatable bonds is 6. The molecule has 1 fully saturated rings. The van der Waals surface area contributed by atoms with E-state index in [0.29, 0.717) is 23.1 Å². The van der Waals surface area contributed by atoms with Gasteiger partial charge in [0.2, 0.25) is 0 Å². The van der Waals surface area contributed by atoms with Gasteiger partial charge in [0.05, 0.1) is 47.7 Å². The standard InChI is InChI=1S/C22H25ClF3NO4S2/c1-4-6-15-11-21(2,33(29,30)17-8-5-7-14(9-17)22(24,25)26)12-19(31-15)20-18(23)10-16(13-27-20)32(3)28/h5,7-10,13,15,19H,4,6,11-12H2,1-3H3. The van der Waals surface area contributed by atoms with Crippen molar-refractivity contribution in [3.05, 3.63) is 52.8 Å². The lowest BCUT2D eigenvalue weighted by Crippen LogP contribution is -2.46. The Morgan fingerprint density at radius 1 is 1.27 bits per heavy atom. The SMILES string of the molecule is CCCC1CC(C)(S(=O)(=O)c2cccc(C(F)(F)F)c2)CC(c2ncc(S(C)=O)cc2Cl)O1. The van der Waals surface area contributed by atoms with Crippen molar-refractivity contribution in [2.75, 3.05) is 6.26 Å². The van der Waals surface area contributed by atoms with E-state index in [1.807, 2.05) is 6.92 Å². The monoisotopic (exact) mass is 523 g/mol. The fraction of sp³-hybridized carbons (Fsp3) is 0.500. The summed E-state index contributed by atoms with van der Waals surface area (Å²) in [5.41, 5.74) is -0.703. The Kier molecular flexibility index (Phi) is 7.63. The van der Waals surface area contributed by atoms with Crippen LogP contribution in [0.3, 0.4) is 0 Å². The summed E-state index contributed by atoms with van der Waals surface area (Å²) in [6.45, 7) is 3.46. The highest BCUT2D eigenvalue weighted by Gasteiger charge is 2.49. The van der Waals surface area contributed by atoms with Crippen molar-refractivity contribution in [3.8, 4) is 0 Å². The van der Waals surface area contributed by atoms with Gasteiger partial charge in [-0.1, -0.05) is 31.0 Å². The molecule has 2 aromatic rings. The Labute approximate surface area is 199 Å². The first-order valence-corrected chi connectivity index (χ1v) is 13.8. The van der Waals surface area contributed by atoms with Crippen LogP contribution in [0.15, 0.2) is 46.3 Å². The summed E-state index contributed by atoms with van der Waals surface area (Å²) >= 11 is 6.38. The van der Waals surface area contributed by atoms with Gasteiger partial charge in [-0.25, -0.2) is 8.42 Å². The van der Waals surface area contributed by atoms with Crippen molar-refractivity contribution in [2.45, 2.75) is 72.5 Å². The van der Waals surface area contributed by atoms with Crippen LogP contribution in [-0.4, -0.2) is 34.7 Å². The van der Waals surface area contributed by atoms with E-state index < -0.39 is 49.3 Å². The predicted molar refractivity (Wildman–Crippen MR) is 120 cm³/mol. The number of pyridine rings is 1. The van der Waals surface area contributed by atoms with Crippen molar-refractivity contribution in [2.24, 2.45) is 0 Å². The lowest BCUT2D eigenvalue weighted by Gasteiger charge is -2.42. The highest BCUT2D eigenvalue weighted by molar-refractivity contribution is 7.92. The van der Waals surface area contributed by atoms with Crippen molar-refractivity contribution >= 4 is 32.2 Å². The molecule has 11 heteroatoms. The van der Waals surface area contributed by atoms with Crippen molar-refractivity contribution in [1.29, 1.82) is 0 Å². The zero-order chi connectivity index (χ0) is 24.6. The molecule has 5 nitrogen and oxygen atoms in total. The molecule has 0 amide bonds. The summed E-state index contributed by atoms with van der Waals surface area (Å²) in [6, 6.07) is 5.31. The average Bonchev–Trinajstić information content (AvgIpc) is 2.73. The lowest BCUT2D eigenvalue weighted by molar-refractivity contribution is -0.137. The highest BCUT2D eigenvalue weighted by atomic mass is 35.5. The Bertz CT molecular complexity index is 1160. The number of aromatic nitrogens is 1. The van der Waals surface area contributed by atoms with Crippen molar-refractivity contribution < 1.29 is 30.5 Å². The Hall–Kier alpha value is -1.49. The molecule has 1 aliphatic heterocycles. The molecule has 1 aromatic heterocycles. The second kappa shape index (κ2) is 9.64. The topological polar surface area (TPSA) is 73.3 Å². The smallest absolute Gasteiger partial charge is 0.369 e. The number of ether oxygens (including phenoxy) is 1. The number of sulfone groups is 1. The first-order valence-electron chi connectivity index (χ1n) is 10.3. The van der Waals surface area contributed by atoms with Crippen LogP contribution in [0.4, 0.5) is 13.2 Å². The van der Waals surface area contributed by atoms with Gasteiger partial charge in [-0.2, -0.15) is 13.2 Å². The molecule has 1 aliphatic rings. The molecule has 0 bridgehead atoms. The summed E-state index contributed by atoms with van der Waals surface area (Å²) in [7, 11) is -5.47. The zero-order valence-electron chi connectivity index (χ0n) is 18.4. The molecular weight excluding hydrogens is 499 g/mol. The van der Waals surface area contributed by atoms with Gasteiger partial charge in [0.1, 0.15) is 6.10 Å². The fourth-order valence-electron chi connectivity index (χ4n) is 4.11. The Morgan fingerprint density at radius 3 is 2.55 bits per heavy atom. The van der Waals surface area contributed by atoms with Gasteiger partial charge in [0.15, 0.2) is 9.84 Å². The number of hydrogen-bond donors (Lipinski definition) is 0. The third-order valence-electron chi connectivity index (χ3n) is 5.85. The van der Waals surface area contributed by atoms with Crippen LogP contribution in [0.25, 0.3) is 0 Å². The Morgan fingerprint density at radius 2 is 1.97 bits per heavy atom. The molecule has 1 aromatic carbocycles. The van der Waals surface area contributed by atoms with E-state index in [-0.39, 0.29) is 22.8 Å². The van der Waals surface area contributed by atoms with E-state index in [9.17, 15) is 25.8 Å². The molecule has 0 spiro atoms. The van der Waals surface area contributed by atoms with Crippen LogP contribution in [0.2, 0.25) is 5.02 Å². The lowest BCUT2D eigenvalue weighted by atomic mass is 9.89. The zero-order valence-corrected chi connectivity index (χ0v) is 20.7. The third kappa shape index (κ3) is 5.44. The molecule has 4 atom stereocenters. The number of nitrogens with zero attached hydrogens (tertiary/aromatic N) is 1. The van der Waals surface area contributed by atoms with E-state index >= 15 is 0 Å². The summed E-state index contributed by atoms with van der Waals surface area (Å²) in [4.78, 5) is 4.33. The normalized spacial score (nSPS) is 25.1. The van der Waals surface area contributed by atoms with E-state index in [0.717, 1.165) is 18.6 Å². The number of alkyl halides is 3. The van der Waals surface area contributed by atoms with E-state index in [1.165, 1.54) is 31.5 Å². The maximum Gasteiger partial charge on any atom is 0.416 e. The van der Waals surface area contributed by atoms with Crippen molar-refractivity contribution in [1.82, 2.24) is 4.98 Å². The molecule has 1 saturated heterocycles. The first kappa shape index (κ1) is 26.1. The molecule has 33 heavy (non-hydrogen) atoms. The molecule has 0 N–H and O–H groups in total. The van der Waals surface area contributed by atoms with Gasteiger partial charge in [-0.05, 0) is 50.5 Å². The summed E-state index contributed by atoms with van der Waals surface area (Å²) < 4.78 is 83.4. The van der Waals surface area contributed by atoms with Gasteiger partial charge in [-0.15, -0.1) is 0 Å². The molecule has 2 heterocycles. The minimum Gasteiger partial charge on any atom is -0.369 e. The quantitative estimate of drug-likeness (QED) is 0.482. The maximum atomic E-state index is 13.6. The minimum absolute atomic E-state index is 0.0346. The molecule has 0 radical (unpaired) electrons. The number of halogens is 4. The van der Waals surface area contributed by atoms with Crippen LogP contribution in [-0.2, 0) is 31.5 Å². The predicted octanol–water partition coefficient (Wildman–Crippen LogP) is 5.74. The van der Waals surface area contributed by atoms with Crippen LogP contribution < -0.4 is 0 Å². The molecule has 4 unspecified atom stereocenters.